The van der Waals surface area contributed by atoms with Gasteiger partial charge in [-0.2, -0.15) is 0 Å². The van der Waals surface area contributed by atoms with Crippen molar-refractivity contribution in [1.82, 2.24) is 0 Å². The van der Waals surface area contributed by atoms with Gasteiger partial charge in [0.15, 0.2) is 11.7 Å². The number of aliphatic hydroxyl groups is 6. The maximum atomic E-state index is 13.8. The van der Waals surface area contributed by atoms with E-state index in [1.807, 2.05) is 6.92 Å². The molecule has 2 aromatic rings. The summed E-state index contributed by atoms with van der Waals surface area (Å²) in [6, 6.07) is 13.9. The Balaban J connectivity index is 1.34. The second-order valence-electron chi connectivity index (χ2n) is 18.1. The number of hydrogen-bond donors (Lipinski definition) is 7. The summed E-state index contributed by atoms with van der Waals surface area (Å²) in [5.41, 5.74) is -11.1. The van der Waals surface area contributed by atoms with Gasteiger partial charge in [-0.15, -0.1) is 0 Å². The number of epoxide rings is 1. The Kier molecular flexibility index (Phi) is 10.5. The van der Waals surface area contributed by atoms with Gasteiger partial charge in [-0.05, 0) is 42.9 Å². The largest absolute Gasteiger partial charge is 0.507 e. The first-order valence-corrected chi connectivity index (χ1v) is 20.8. The molecule has 2 saturated carbocycles. The normalized spacial score (nSPS) is 44.6. The van der Waals surface area contributed by atoms with E-state index in [4.69, 9.17) is 23.7 Å². The van der Waals surface area contributed by atoms with Crippen molar-refractivity contribution in [3.63, 3.8) is 0 Å². The molecule has 4 saturated heterocycles. The van der Waals surface area contributed by atoms with Gasteiger partial charge < -0.3 is 59.4 Å². The highest BCUT2D eigenvalue weighted by atomic mass is 16.8. The zero-order chi connectivity index (χ0) is 42.3. The molecule has 7 N–H and O–H groups in total. The van der Waals surface area contributed by atoms with Gasteiger partial charge in [0.2, 0.25) is 0 Å². The molecule has 0 amide bonds. The second-order valence-corrected chi connectivity index (χ2v) is 18.1. The summed E-state index contributed by atoms with van der Waals surface area (Å²) in [5, 5.41) is 86.7. The molecule has 0 aromatic heterocycles. The smallest absolute Gasteiger partial charge is 0.342 e. The van der Waals surface area contributed by atoms with E-state index in [1.54, 1.807) is 44.2 Å². The summed E-state index contributed by atoms with van der Waals surface area (Å²) in [4.78, 5) is 27.3. The van der Waals surface area contributed by atoms with Crippen molar-refractivity contribution in [3.05, 3.63) is 89.5 Å². The zero-order valence-corrected chi connectivity index (χ0v) is 33.7. The third-order valence-electron chi connectivity index (χ3n) is 14.4. The highest BCUT2D eigenvalue weighted by Gasteiger charge is 2.85. The molecule has 320 valence electrons. The van der Waals surface area contributed by atoms with Gasteiger partial charge in [0.25, 0.3) is 0 Å². The monoisotopic (exact) mass is 820 g/mol. The number of aromatic hydroxyl groups is 1. The number of carbonyl (C=O) groups is 2. The van der Waals surface area contributed by atoms with E-state index in [1.165, 1.54) is 30.3 Å². The van der Waals surface area contributed by atoms with Crippen LogP contribution < -0.4 is 0 Å². The summed E-state index contributed by atoms with van der Waals surface area (Å²) in [5.74, 6) is -7.73. The molecule has 2 aromatic carbocycles. The van der Waals surface area contributed by atoms with Crippen LogP contribution in [-0.2, 0) is 34.5 Å². The van der Waals surface area contributed by atoms with Crippen molar-refractivity contribution < 1.29 is 69.0 Å². The fourth-order valence-electron chi connectivity index (χ4n) is 11.1. The first kappa shape index (κ1) is 42.0. The summed E-state index contributed by atoms with van der Waals surface area (Å²) >= 11 is 0. The van der Waals surface area contributed by atoms with Gasteiger partial charge in [0, 0.05) is 23.0 Å². The van der Waals surface area contributed by atoms with Crippen LogP contribution in [0.5, 0.6) is 5.75 Å². The van der Waals surface area contributed by atoms with Crippen LogP contribution in [0.15, 0.2) is 78.4 Å². The third kappa shape index (κ3) is 6.24. The molecular formula is C45H56O14. The molecule has 4 aliphatic heterocycles. The number of fused-ring (bicyclic) bond motifs is 12. The molecule has 9 rings (SSSR count). The Labute approximate surface area is 343 Å². The van der Waals surface area contributed by atoms with Gasteiger partial charge in [0.05, 0.1) is 18.6 Å². The number of hydrogen-bond acceptors (Lipinski definition) is 14. The van der Waals surface area contributed by atoms with Crippen molar-refractivity contribution >= 4 is 11.9 Å². The van der Waals surface area contributed by atoms with E-state index in [0.717, 1.165) is 19.3 Å². The average Bonchev–Trinajstić information content (AvgIpc) is 3.90. The Morgan fingerprint density at radius 2 is 1.58 bits per heavy atom. The van der Waals surface area contributed by atoms with Crippen LogP contribution in [0.4, 0.5) is 0 Å². The summed E-state index contributed by atoms with van der Waals surface area (Å²) in [7, 11) is 0. The lowest BCUT2D eigenvalue weighted by Crippen LogP contribution is -2.79. The SMILES string of the molecule is C=C1C=C2[C@]3(O)[C@H](O)[C@@]4(CO)O[C@H]4C4C[C@@](O)([C@H]5OC(O)(c6ccccc6)O[C@@]24[C@@H]5C)[C@@](O)(COC(=O)c2ccccc2O)C[C@@H](C)CCCCCC[C@H](C)C(=O)O[C@@H]13. The topological polar surface area (TPSA) is 225 Å². The number of phenolic OH excluding ortho intramolecular Hbond substituents is 1. The molecule has 3 aliphatic carbocycles. The number of rotatable bonds is 5. The van der Waals surface area contributed by atoms with Crippen LogP contribution in [0.3, 0.4) is 0 Å². The minimum absolute atomic E-state index is 0.0282. The molecule has 0 radical (unpaired) electrons. The minimum Gasteiger partial charge on any atom is -0.507 e. The number of phenols is 1. The van der Waals surface area contributed by atoms with Crippen molar-refractivity contribution in [2.24, 2.45) is 23.7 Å². The molecule has 1 spiro atoms. The average molecular weight is 821 g/mol. The number of aliphatic hydroxyl groups excluding tert-OH is 2. The molecule has 59 heavy (non-hydrogen) atoms. The fourth-order valence-corrected chi connectivity index (χ4v) is 11.1. The summed E-state index contributed by atoms with van der Waals surface area (Å²) < 4.78 is 31.5. The zero-order valence-electron chi connectivity index (χ0n) is 33.7. The van der Waals surface area contributed by atoms with Crippen molar-refractivity contribution in [2.75, 3.05) is 13.2 Å². The molecule has 14 nitrogen and oxygen atoms in total. The molecule has 4 heterocycles. The van der Waals surface area contributed by atoms with E-state index in [2.05, 4.69) is 6.58 Å². The number of benzene rings is 2. The van der Waals surface area contributed by atoms with E-state index < -0.39 is 108 Å². The van der Waals surface area contributed by atoms with E-state index in [9.17, 15) is 45.3 Å². The predicted octanol–water partition coefficient (Wildman–Crippen LogP) is 3.28. The van der Waals surface area contributed by atoms with Gasteiger partial charge >= 0.3 is 17.9 Å². The van der Waals surface area contributed by atoms with Crippen LogP contribution in [0.2, 0.25) is 0 Å². The molecule has 6 fully saturated rings. The molecule has 14 heteroatoms. The number of para-hydroxylation sites is 1. The predicted molar refractivity (Wildman–Crippen MR) is 208 cm³/mol. The van der Waals surface area contributed by atoms with E-state index in [-0.39, 0.29) is 40.4 Å². The van der Waals surface area contributed by atoms with Crippen LogP contribution in [-0.4, -0.2) is 113 Å². The standard InChI is InChI=1S/C45H56O14/c1-25-14-8-5-6-9-15-26(2)37(48)56-34-27(3)20-33-43(34,53)39(50)41(23-46)36(57-41)31-22-42(52,40(51,21-25)24-55-38(49)30-18-12-13-19-32(30)47)35-28(4)44(31,33)59-45(54,58-35)29-16-10-7-11-17-29/h7,10-13,16-20,25-26,28,31,34-36,39,46-47,50-54H,3,5-6,8-9,14-15,21-24H2,1-2,4H3/t25-,26-,28+,31?,34-,35-,36-,39+,40-,41-,42+,43+,44+,45?/m0/s1. The van der Waals surface area contributed by atoms with Gasteiger partial charge in [-0.3, -0.25) is 4.79 Å². The van der Waals surface area contributed by atoms with Crippen molar-refractivity contribution in [3.8, 4) is 5.75 Å². The van der Waals surface area contributed by atoms with Gasteiger partial charge in [-0.1, -0.05) is 108 Å². The highest BCUT2D eigenvalue weighted by Crippen LogP contribution is 2.70. The Morgan fingerprint density at radius 3 is 2.27 bits per heavy atom. The van der Waals surface area contributed by atoms with Crippen LogP contribution in [0, 0.1) is 23.7 Å². The molecule has 2 unspecified atom stereocenters. The number of esters is 2. The fraction of sp³-hybridized carbons (Fsp3) is 0.600. The van der Waals surface area contributed by atoms with Gasteiger partial charge in [0.1, 0.15) is 52.5 Å². The van der Waals surface area contributed by atoms with E-state index >= 15 is 0 Å². The Morgan fingerprint density at radius 1 is 0.898 bits per heavy atom. The lowest BCUT2D eigenvalue weighted by atomic mass is 9.52. The third-order valence-corrected chi connectivity index (χ3v) is 14.4. The van der Waals surface area contributed by atoms with Crippen LogP contribution >= 0.6 is 0 Å². The Hall–Kier alpha value is -3.70. The lowest BCUT2D eigenvalue weighted by molar-refractivity contribution is -0.499. The quantitative estimate of drug-likeness (QED) is 0.170. The van der Waals surface area contributed by atoms with Crippen molar-refractivity contribution in [1.29, 1.82) is 0 Å². The number of carbonyl (C=O) groups excluding carboxylic acids is 2. The minimum atomic E-state index is -2.69. The second kappa shape index (κ2) is 14.7. The first-order valence-electron chi connectivity index (χ1n) is 20.8. The summed E-state index contributed by atoms with van der Waals surface area (Å²) in [6.07, 6.45) is -1.16. The van der Waals surface area contributed by atoms with Gasteiger partial charge in [-0.25, -0.2) is 4.79 Å². The van der Waals surface area contributed by atoms with Crippen molar-refractivity contribution in [2.45, 2.75) is 131 Å². The highest BCUT2D eigenvalue weighted by molar-refractivity contribution is 5.92. The molecule has 7 bridgehead atoms. The molecule has 14 atom stereocenters. The maximum Gasteiger partial charge on any atom is 0.342 e. The Bertz CT molecular complexity index is 2010. The maximum absolute atomic E-state index is 13.8. The summed E-state index contributed by atoms with van der Waals surface area (Å²) in [6.45, 7) is 7.87. The molecular weight excluding hydrogens is 764 g/mol. The first-order chi connectivity index (χ1) is 27.9. The number of ether oxygens (including phenoxy) is 5. The lowest BCUT2D eigenvalue weighted by Gasteiger charge is -2.66. The van der Waals surface area contributed by atoms with Crippen LogP contribution in [0.25, 0.3) is 0 Å². The van der Waals surface area contributed by atoms with Crippen LogP contribution in [0.1, 0.15) is 88.1 Å². The molecule has 7 aliphatic rings. The van der Waals surface area contributed by atoms with E-state index in [0.29, 0.717) is 19.3 Å².